The first-order valence-electron chi connectivity index (χ1n) is 17.4. The van der Waals surface area contributed by atoms with Crippen molar-refractivity contribution in [1.82, 2.24) is 0 Å². The number of hydrogen-bond donors (Lipinski definition) is 3. The van der Waals surface area contributed by atoms with Crippen molar-refractivity contribution in [2.24, 2.45) is 51.8 Å². The first-order valence-corrected chi connectivity index (χ1v) is 17.4. The summed E-state index contributed by atoms with van der Waals surface area (Å²) < 4.78 is 23.6. The van der Waals surface area contributed by atoms with Gasteiger partial charge in [-0.3, -0.25) is 19.2 Å². The lowest BCUT2D eigenvalue weighted by molar-refractivity contribution is -0.237. The molecule has 12 atom stereocenters. The number of carbonyl (C=O) groups is 4. The number of aliphatic hydroxyl groups is 2. The number of phenols is 1. The summed E-state index contributed by atoms with van der Waals surface area (Å²) >= 11 is 0. The summed E-state index contributed by atoms with van der Waals surface area (Å²) in [6.07, 6.45) is -1.14. The van der Waals surface area contributed by atoms with Gasteiger partial charge in [-0.1, -0.05) is 64.1 Å². The minimum absolute atomic E-state index is 0.0201. The predicted octanol–water partition coefficient (Wildman–Crippen LogP) is 3.18. The Kier molecular flexibility index (Phi) is 6.70. The van der Waals surface area contributed by atoms with Gasteiger partial charge in [0.25, 0.3) is 0 Å². The zero-order valence-corrected chi connectivity index (χ0v) is 29.1. The number of fused-ring (bicyclic) bond motifs is 8. The molecule has 11 heteroatoms. The van der Waals surface area contributed by atoms with Crippen LogP contribution in [-0.2, 0) is 46.2 Å². The molecule has 0 radical (unpaired) electrons. The minimum Gasteiger partial charge on any atom is -0.504 e. The van der Waals surface area contributed by atoms with Gasteiger partial charge < -0.3 is 34.3 Å². The number of esters is 3. The Labute approximate surface area is 290 Å². The second-order valence-electron chi connectivity index (χ2n) is 16.5. The van der Waals surface area contributed by atoms with Crippen molar-refractivity contribution in [3.63, 3.8) is 0 Å². The van der Waals surface area contributed by atoms with Gasteiger partial charge in [-0.25, -0.2) is 0 Å². The van der Waals surface area contributed by atoms with Gasteiger partial charge in [0.1, 0.15) is 11.7 Å². The molecule has 2 bridgehead atoms. The highest BCUT2D eigenvalue weighted by Crippen LogP contribution is 2.93. The van der Waals surface area contributed by atoms with Gasteiger partial charge in [0.15, 0.2) is 22.9 Å². The van der Waals surface area contributed by atoms with E-state index in [2.05, 4.69) is 0 Å². The quantitative estimate of drug-likeness (QED) is 0.262. The van der Waals surface area contributed by atoms with Crippen LogP contribution in [0.15, 0.2) is 48.5 Å². The van der Waals surface area contributed by atoms with Crippen LogP contribution in [0.4, 0.5) is 0 Å². The molecule has 50 heavy (non-hydrogen) atoms. The maximum atomic E-state index is 14.2. The van der Waals surface area contributed by atoms with Crippen molar-refractivity contribution < 1.29 is 53.4 Å². The molecular weight excluding hydrogens is 644 g/mol. The van der Waals surface area contributed by atoms with E-state index in [1.807, 2.05) is 51.1 Å². The normalized spacial score (nSPS) is 43.3. The molecule has 6 saturated carbocycles. The number of hydrogen-bond acceptors (Lipinski definition) is 11. The zero-order chi connectivity index (χ0) is 36.0. The van der Waals surface area contributed by atoms with Crippen molar-refractivity contribution in [1.29, 1.82) is 0 Å². The van der Waals surface area contributed by atoms with E-state index in [9.17, 15) is 34.5 Å². The lowest BCUT2D eigenvalue weighted by atomic mass is 9.37. The van der Waals surface area contributed by atoms with Crippen molar-refractivity contribution in [3.8, 4) is 11.5 Å². The third kappa shape index (κ3) is 3.62. The largest absolute Gasteiger partial charge is 0.504 e. The Bertz CT molecular complexity index is 1840. The first-order chi connectivity index (χ1) is 23.5. The Morgan fingerprint density at radius 1 is 0.900 bits per heavy atom. The summed E-state index contributed by atoms with van der Waals surface area (Å²) in [6, 6.07) is 13.7. The van der Waals surface area contributed by atoms with E-state index in [0.29, 0.717) is 5.56 Å². The lowest BCUT2D eigenvalue weighted by Crippen LogP contribution is -2.67. The molecule has 0 spiro atoms. The van der Waals surface area contributed by atoms with E-state index in [4.69, 9.17) is 18.9 Å². The molecule has 0 unspecified atom stereocenters. The second-order valence-corrected chi connectivity index (χ2v) is 16.5. The topological polar surface area (TPSA) is 166 Å². The monoisotopic (exact) mass is 688 g/mol. The number of rotatable bonds is 9. The standard InChI is InChI=1S/C39H44O11/c1-19-32(49-26(43)15-21-10-8-7-9-11-21)39(50-20(2)40)30(34(39,3)4)29-27-28-31(38(19,29)46)37(45)17-36(27,35(28,5)33(37)44)18-48-25(42)16-22-12-13-23(41)24(14-22)47-6/h7-14,19,27-32,41,45-46H,15-18H2,1-6H3/t19-,27+,28+,29+,30-,31-,32-,35-,36+,37+,38-,39-/m1/s1. The molecule has 3 N–H and O–H groups in total. The summed E-state index contributed by atoms with van der Waals surface area (Å²) in [7, 11) is 1.41. The Morgan fingerprint density at radius 3 is 2.22 bits per heavy atom. The predicted molar refractivity (Wildman–Crippen MR) is 174 cm³/mol. The molecule has 0 aliphatic heterocycles. The number of carbonyl (C=O) groups excluding carboxylic acids is 4. The fraction of sp³-hybridized carbons (Fsp3) is 0.590. The van der Waals surface area contributed by atoms with Gasteiger partial charge >= 0.3 is 17.9 Å². The lowest BCUT2D eigenvalue weighted by Gasteiger charge is -2.65. The molecule has 6 aliphatic rings. The molecule has 0 saturated heterocycles. The molecule has 2 aromatic carbocycles. The van der Waals surface area contributed by atoms with Crippen LogP contribution in [0.1, 0.15) is 52.2 Å². The Morgan fingerprint density at radius 2 is 1.58 bits per heavy atom. The van der Waals surface area contributed by atoms with Crippen LogP contribution in [-0.4, -0.2) is 75.6 Å². The van der Waals surface area contributed by atoms with E-state index >= 15 is 0 Å². The minimum atomic E-state index is -1.87. The number of phenolic OH excluding ortho intramolecular Hbond substituents is 1. The number of ketones is 1. The SMILES string of the molecule is COc1cc(CC(=O)OC[C@]23C[C@@]4(O)C(=O)[C@@]2(C)[C@H]2[C@H]3[C@H]3[C@@H]5C(C)(C)[C@]5(OC(C)=O)[C@H](OC(=O)Cc5ccccc5)[C@@H](C)[C@]3(O)[C@H]24)ccc1O. The fourth-order valence-electron chi connectivity index (χ4n) is 12.7. The summed E-state index contributed by atoms with van der Waals surface area (Å²) in [5.41, 5.74) is -6.22. The van der Waals surface area contributed by atoms with Crippen LogP contribution in [0, 0.1) is 51.8 Å². The van der Waals surface area contributed by atoms with Gasteiger partial charge in [0, 0.05) is 40.9 Å². The molecule has 6 fully saturated rings. The molecule has 2 aromatic rings. The molecule has 0 heterocycles. The molecule has 11 nitrogen and oxygen atoms in total. The molecule has 266 valence electrons. The summed E-state index contributed by atoms with van der Waals surface area (Å²) in [5, 5.41) is 35.5. The number of Topliss-reactive ketones (excluding diaryl/α,β-unsaturated/α-hetero) is 1. The van der Waals surface area contributed by atoms with Crippen molar-refractivity contribution in [2.75, 3.05) is 13.7 Å². The first kappa shape index (κ1) is 33.2. The highest BCUT2D eigenvalue weighted by molar-refractivity contribution is 6.01. The zero-order valence-electron chi connectivity index (χ0n) is 29.1. The molecule has 6 aliphatic carbocycles. The van der Waals surface area contributed by atoms with Crippen LogP contribution >= 0.6 is 0 Å². The van der Waals surface area contributed by atoms with E-state index in [0.717, 1.165) is 5.56 Å². The maximum Gasteiger partial charge on any atom is 0.310 e. The number of aromatic hydroxyl groups is 1. The smallest absolute Gasteiger partial charge is 0.310 e. The van der Waals surface area contributed by atoms with Crippen LogP contribution in [0.3, 0.4) is 0 Å². The van der Waals surface area contributed by atoms with Crippen molar-refractivity contribution in [3.05, 3.63) is 59.7 Å². The van der Waals surface area contributed by atoms with Gasteiger partial charge in [-0.15, -0.1) is 0 Å². The maximum absolute atomic E-state index is 14.2. The van der Waals surface area contributed by atoms with E-state index in [1.165, 1.54) is 20.1 Å². The van der Waals surface area contributed by atoms with Gasteiger partial charge in [0.2, 0.25) is 0 Å². The van der Waals surface area contributed by atoms with Crippen molar-refractivity contribution in [2.45, 2.75) is 76.8 Å². The van der Waals surface area contributed by atoms with Crippen LogP contribution in [0.5, 0.6) is 11.5 Å². The molecule has 0 amide bonds. The average Bonchev–Trinajstić information content (AvgIpc) is 3.27. The van der Waals surface area contributed by atoms with E-state index in [-0.39, 0.29) is 49.1 Å². The summed E-state index contributed by atoms with van der Waals surface area (Å²) in [4.78, 5) is 53.8. The highest BCUT2D eigenvalue weighted by Gasteiger charge is 3.01. The van der Waals surface area contributed by atoms with Gasteiger partial charge in [-0.2, -0.15) is 0 Å². The third-order valence-electron chi connectivity index (χ3n) is 14.4. The molecular formula is C39H44O11. The molecule has 0 aromatic heterocycles. The summed E-state index contributed by atoms with van der Waals surface area (Å²) in [6.45, 7) is 8.68. The van der Waals surface area contributed by atoms with Gasteiger partial charge in [0.05, 0.1) is 32.2 Å². The second kappa shape index (κ2) is 10.1. The fourth-order valence-corrected chi connectivity index (χ4v) is 12.7. The van der Waals surface area contributed by atoms with E-state index < -0.39 is 86.6 Å². The van der Waals surface area contributed by atoms with Crippen LogP contribution in [0.25, 0.3) is 0 Å². The number of ether oxygens (including phenoxy) is 4. The van der Waals surface area contributed by atoms with Gasteiger partial charge in [-0.05, 0) is 47.4 Å². The number of benzene rings is 2. The highest BCUT2D eigenvalue weighted by atomic mass is 16.6. The van der Waals surface area contributed by atoms with E-state index in [1.54, 1.807) is 19.1 Å². The average molecular weight is 689 g/mol. The number of methoxy groups -OCH3 is 1. The van der Waals surface area contributed by atoms with Crippen LogP contribution in [0.2, 0.25) is 0 Å². The van der Waals surface area contributed by atoms with Crippen LogP contribution < -0.4 is 4.74 Å². The Hall–Kier alpha value is -3.96. The van der Waals surface area contributed by atoms with Crippen molar-refractivity contribution >= 4 is 23.7 Å². The summed E-state index contributed by atoms with van der Waals surface area (Å²) in [5.74, 6) is -5.19. The Balaban J connectivity index is 1.15. The molecule has 8 rings (SSSR count). The third-order valence-corrected chi connectivity index (χ3v) is 14.4.